The Hall–Kier alpha value is -2.89. The van der Waals surface area contributed by atoms with Crippen molar-refractivity contribution in [2.24, 2.45) is 0 Å². The van der Waals surface area contributed by atoms with Gasteiger partial charge in [0.25, 0.3) is 0 Å². The summed E-state index contributed by atoms with van der Waals surface area (Å²) in [5.74, 6) is -0.864. The number of carbonyl (C=O) groups is 3. The molecule has 6 heteroatoms. The van der Waals surface area contributed by atoms with Crippen LogP contribution in [0.5, 0.6) is 0 Å². The zero-order valence-corrected chi connectivity index (χ0v) is 55.0. The van der Waals surface area contributed by atoms with Crippen LogP contribution >= 0.6 is 0 Å². The summed E-state index contributed by atoms with van der Waals surface area (Å²) in [5.41, 5.74) is 0. The molecule has 478 valence electrons. The Morgan fingerprint density at radius 3 is 0.695 bits per heavy atom. The first kappa shape index (κ1) is 79.1. The number of rotatable bonds is 67. The lowest BCUT2D eigenvalue weighted by Crippen LogP contribution is -2.30. The van der Waals surface area contributed by atoms with Gasteiger partial charge in [-0.2, -0.15) is 0 Å². The van der Waals surface area contributed by atoms with Crippen molar-refractivity contribution in [3.8, 4) is 0 Å². The van der Waals surface area contributed by atoms with E-state index in [1.807, 2.05) is 0 Å². The molecule has 6 nitrogen and oxygen atoms in total. The maximum atomic E-state index is 13.0. The Morgan fingerprint density at radius 1 is 0.244 bits per heavy atom. The minimum atomic E-state index is -0.782. The van der Waals surface area contributed by atoms with Gasteiger partial charge in [0.1, 0.15) is 13.2 Å². The summed E-state index contributed by atoms with van der Waals surface area (Å²) in [4.78, 5) is 38.5. The molecule has 1 atom stereocenters. The molecule has 0 heterocycles. The minimum absolute atomic E-state index is 0.0758. The highest BCUT2D eigenvalue weighted by atomic mass is 16.6. The molecule has 82 heavy (non-hydrogen) atoms. The maximum absolute atomic E-state index is 13.0. The number of esters is 3. The van der Waals surface area contributed by atoms with Gasteiger partial charge in [0.15, 0.2) is 6.10 Å². The molecule has 0 rings (SSSR count). The highest BCUT2D eigenvalue weighted by Crippen LogP contribution is 2.18. The third kappa shape index (κ3) is 67.9. The number of hydrogen-bond acceptors (Lipinski definition) is 6. The van der Waals surface area contributed by atoms with E-state index in [2.05, 4.69) is 81.5 Å². The first-order chi connectivity index (χ1) is 40.5. The zero-order valence-electron chi connectivity index (χ0n) is 55.0. The van der Waals surface area contributed by atoms with Gasteiger partial charge in [-0.3, -0.25) is 14.4 Å². The minimum Gasteiger partial charge on any atom is -0.462 e. The fourth-order valence-electron chi connectivity index (χ4n) is 10.7. The van der Waals surface area contributed by atoms with Gasteiger partial charge < -0.3 is 14.2 Å². The van der Waals surface area contributed by atoms with Gasteiger partial charge in [-0.25, -0.2) is 0 Å². The van der Waals surface area contributed by atoms with Crippen LogP contribution in [0.3, 0.4) is 0 Å². The molecule has 0 radical (unpaired) electrons. The van der Waals surface area contributed by atoms with Gasteiger partial charge in [0, 0.05) is 19.3 Å². The Labute approximate surface area is 510 Å². The van der Waals surface area contributed by atoms with Gasteiger partial charge >= 0.3 is 17.9 Å². The van der Waals surface area contributed by atoms with E-state index in [1.54, 1.807) is 0 Å². The van der Waals surface area contributed by atoms with Crippen molar-refractivity contribution in [3.05, 3.63) is 60.8 Å². The fraction of sp³-hybridized carbons (Fsp3) is 0.829. The van der Waals surface area contributed by atoms with Crippen LogP contribution in [-0.4, -0.2) is 37.2 Å². The Balaban J connectivity index is 4.33. The molecule has 0 fully saturated rings. The third-order valence-corrected chi connectivity index (χ3v) is 16.2. The number of unbranched alkanes of at least 4 members (excludes halogenated alkanes) is 46. The Morgan fingerprint density at radius 2 is 0.439 bits per heavy atom. The smallest absolute Gasteiger partial charge is 0.306 e. The molecule has 0 aromatic carbocycles. The highest BCUT2D eigenvalue weighted by Gasteiger charge is 2.19. The summed E-state index contributed by atoms with van der Waals surface area (Å²) in [5, 5.41) is 0. The molecule has 0 aromatic rings. The lowest BCUT2D eigenvalue weighted by molar-refractivity contribution is -0.167. The SMILES string of the molecule is CCCCCC/C=C\C/C=C\CCCCCCCCCC(=O)OCC(COC(=O)CCCCCCCCCCCCCCC/C=C\CCCCCCCCCC)OC(=O)CCCCCCCCCCC/C=C\C/C=C\CCCCCCC. The van der Waals surface area contributed by atoms with Gasteiger partial charge in [0.2, 0.25) is 0 Å². The summed E-state index contributed by atoms with van der Waals surface area (Å²) in [6, 6.07) is 0. The summed E-state index contributed by atoms with van der Waals surface area (Å²) >= 11 is 0. The molecule has 0 bridgehead atoms. The van der Waals surface area contributed by atoms with Crippen LogP contribution in [0.1, 0.15) is 387 Å². The van der Waals surface area contributed by atoms with E-state index in [0.29, 0.717) is 19.3 Å². The zero-order chi connectivity index (χ0) is 59.2. The topological polar surface area (TPSA) is 78.9 Å². The third-order valence-electron chi connectivity index (χ3n) is 16.2. The van der Waals surface area contributed by atoms with E-state index in [-0.39, 0.29) is 31.1 Å². The lowest BCUT2D eigenvalue weighted by Gasteiger charge is -2.18. The molecule has 0 aromatic heterocycles. The van der Waals surface area contributed by atoms with Crippen molar-refractivity contribution in [3.63, 3.8) is 0 Å². The summed E-state index contributed by atoms with van der Waals surface area (Å²) in [6.45, 7) is 6.67. The van der Waals surface area contributed by atoms with Gasteiger partial charge in [-0.15, -0.1) is 0 Å². The van der Waals surface area contributed by atoms with Crippen molar-refractivity contribution in [2.75, 3.05) is 13.2 Å². The Bertz CT molecular complexity index is 1460. The number of ether oxygens (including phenoxy) is 3. The van der Waals surface area contributed by atoms with Crippen LogP contribution in [0, 0.1) is 0 Å². The fourth-order valence-corrected chi connectivity index (χ4v) is 10.7. The molecule has 0 aliphatic carbocycles. The molecular weight excluding hydrogens is 1010 g/mol. The van der Waals surface area contributed by atoms with Gasteiger partial charge in [0.05, 0.1) is 0 Å². The summed E-state index contributed by atoms with van der Waals surface area (Å²) in [6.07, 6.45) is 91.0. The van der Waals surface area contributed by atoms with Crippen molar-refractivity contribution in [2.45, 2.75) is 393 Å². The van der Waals surface area contributed by atoms with Crippen molar-refractivity contribution < 1.29 is 28.6 Å². The molecule has 0 amide bonds. The van der Waals surface area contributed by atoms with E-state index in [4.69, 9.17) is 14.2 Å². The predicted octanol–water partition coefficient (Wildman–Crippen LogP) is 25.1. The van der Waals surface area contributed by atoms with Crippen LogP contribution in [0.25, 0.3) is 0 Å². The van der Waals surface area contributed by atoms with E-state index in [9.17, 15) is 14.4 Å². The highest BCUT2D eigenvalue weighted by molar-refractivity contribution is 5.71. The number of carbonyl (C=O) groups excluding carboxylic acids is 3. The molecular formula is C76H138O6. The molecule has 0 N–H and O–H groups in total. The Kier molecular flexibility index (Phi) is 68.1. The van der Waals surface area contributed by atoms with E-state index in [1.165, 1.54) is 270 Å². The van der Waals surface area contributed by atoms with Crippen LogP contribution in [0.4, 0.5) is 0 Å². The molecule has 1 unspecified atom stereocenters. The lowest BCUT2D eigenvalue weighted by atomic mass is 10.0. The summed E-state index contributed by atoms with van der Waals surface area (Å²) in [7, 11) is 0. The van der Waals surface area contributed by atoms with Crippen LogP contribution in [0.15, 0.2) is 60.8 Å². The standard InChI is InChI=1S/C76H138O6/c1-4-7-10-13-16-19-22-25-28-31-34-36-37-38-39-41-42-45-48-51-54-57-60-63-66-69-75(78)81-72-73(71-80-74(77)68-65-62-59-56-53-50-47-44-33-30-27-24-21-18-15-12-9-6-3)82-76(79)70-67-64-61-58-55-52-49-46-43-40-35-32-29-26-23-20-17-14-11-8-5-2/h21,23-24,26,30-35,73H,4-20,22,25,27-29,36-72H2,1-3H3/b24-21-,26-23-,33-30-,34-31-,35-32-. The molecule has 0 aliphatic heterocycles. The quantitative estimate of drug-likeness (QED) is 0.0261. The van der Waals surface area contributed by atoms with Crippen LogP contribution in [0.2, 0.25) is 0 Å². The maximum Gasteiger partial charge on any atom is 0.306 e. The van der Waals surface area contributed by atoms with Crippen LogP contribution in [-0.2, 0) is 28.6 Å². The van der Waals surface area contributed by atoms with Crippen LogP contribution < -0.4 is 0 Å². The predicted molar refractivity (Wildman–Crippen MR) is 358 cm³/mol. The average molecular weight is 1150 g/mol. The average Bonchev–Trinajstić information content (AvgIpc) is 3.47. The second-order valence-corrected chi connectivity index (χ2v) is 24.5. The summed E-state index contributed by atoms with van der Waals surface area (Å²) < 4.78 is 17.0. The monoisotopic (exact) mass is 1150 g/mol. The van der Waals surface area contributed by atoms with Gasteiger partial charge in [-0.1, -0.05) is 319 Å². The molecule has 0 aliphatic rings. The van der Waals surface area contributed by atoms with Crippen molar-refractivity contribution in [1.82, 2.24) is 0 Å². The molecule has 0 saturated heterocycles. The van der Waals surface area contributed by atoms with E-state index in [0.717, 1.165) is 77.0 Å². The number of hydrogen-bond donors (Lipinski definition) is 0. The largest absolute Gasteiger partial charge is 0.462 e. The van der Waals surface area contributed by atoms with Crippen molar-refractivity contribution >= 4 is 17.9 Å². The normalized spacial score (nSPS) is 12.4. The van der Waals surface area contributed by atoms with Crippen molar-refractivity contribution in [1.29, 1.82) is 0 Å². The second kappa shape index (κ2) is 70.6. The van der Waals surface area contributed by atoms with E-state index < -0.39 is 6.10 Å². The van der Waals surface area contributed by atoms with Gasteiger partial charge in [-0.05, 0) is 109 Å². The first-order valence-corrected chi connectivity index (χ1v) is 36.3. The van der Waals surface area contributed by atoms with E-state index >= 15 is 0 Å². The number of allylic oxidation sites excluding steroid dienone is 10. The second-order valence-electron chi connectivity index (χ2n) is 24.5. The first-order valence-electron chi connectivity index (χ1n) is 36.3. The molecule has 0 spiro atoms. The molecule has 0 saturated carbocycles.